The van der Waals surface area contributed by atoms with E-state index in [1.165, 1.54) is 0 Å². The van der Waals surface area contributed by atoms with Crippen molar-refractivity contribution in [3.63, 3.8) is 0 Å². The van der Waals surface area contributed by atoms with Gasteiger partial charge in [-0.1, -0.05) is 23.7 Å². The van der Waals surface area contributed by atoms with E-state index in [1.54, 1.807) is 24.3 Å². The van der Waals surface area contributed by atoms with Gasteiger partial charge in [-0.3, -0.25) is 14.4 Å². The van der Waals surface area contributed by atoms with E-state index in [4.69, 9.17) is 21.1 Å². The van der Waals surface area contributed by atoms with Crippen LogP contribution >= 0.6 is 34.2 Å². The number of anilines is 1. The monoisotopic (exact) mass is 660 g/mol. The number of hydrogen-bond acceptors (Lipinski definition) is 6. The quantitative estimate of drug-likeness (QED) is 0.346. The molecule has 1 amide bonds. The summed E-state index contributed by atoms with van der Waals surface area (Å²) in [6.45, 7) is 2.02. The van der Waals surface area contributed by atoms with Crippen LogP contribution in [0.3, 0.4) is 0 Å². The lowest BCUT2D eigenvalue weighted by Crippen LogP contribution is -2.37. The van der Waals surface area contributed by atoms with Crippen molar-refractivity contribution in [3.8, 4) is 11.5 Å². The van der Waals surface area contributed by atoms with Gasteiger partial charge in [-0.2, -0.15) is 0 Å². The fraction of sp³-hybridized carbons (Fsp3) is 0.367. The number of carbonyl (C=O) groups is 3. The van der Waals surface area contributed by atoms with Crippen LogP contribution in [0.2, 0.25) is 5.02 Å². The summed E-state index contributed by atoms with van der Waals surface area (Å²) >= 11 is 8.32. The van der Waals surface area contributed by atoms with Crippen LogP contribution in [0, 0.1) is 3.57 Å². The Hall–Kier alpha value is -2.85. The number of benzene rings is 2. The predicted molar refractivity (Wildman–Crippen MR) is 158 cm³/mol. The lowest BCUT2D eigenvalue weighted by molar-refractivity contribution is -0.118. The Morgan fingerprint density at radius 3 is 2.28 bits per heavy atom. The molecule has 0 unspecified atom stereocenters. The average Bonchev–Trinajstić information content (AvgIpc) is 2.91. The molecule has 204 valence electrons. The van der Waals surface area contributed by atoms with Crippen molar-refractivity contribution in [2.24, 2.45) is 0 Å². The van der Waals surface area contributed by atoms with Gasteiger partial charge in [-0.15, -0.1) is 0 Å². The summed E-state index contributed by atoms with van der Waals surface area (Å²) in [5, 5.41) is 3.20. The van der Waals surface area contributed by atoms with Crippen molar-refractivity contribution < 1.29 is 23.9 Å². The van der Waals surface area contributed by atoms with E-state index < -0.39 is 5.92 Å². The lowest BCUT2D eigenvalue weighted by Gasteiger charge is -2.42. The highest BCUT2D eigenvalue weighted by molar-refractivity contribution is 14.1. The van der Waals surface area contributed by atoms with Crippen LogP contribution in [0.15, 0.2) is 58.9 Å². The van der Waals surface area contributed by atoms with Crippen molar-refractivity contribution in [2.45, 2.75) is 51.4 Å². The molecule has 2 aliphatic carbocycles. The number of nitrogens with one attached hydrogen (secondary N) is 1. The van der Waals surface area contributed by atoms with Gasteiger partial charge in [0.25, 0.3) is 5.91 Å². The predicted octanol–water partition coefficient (Wildman–Crippen LogP) is 6.40. The molecular formula is C30H30ClIN2O5. The maximum absolute atomic E-state index is 13.3. The summed E-state index contributed by atoms with van der Waals surface area (Å²) in [5.74, 6) is 0.324. The molecule has 7 nitrogen and oxygen atoms in total. The first kappa shape index (κ1) is 27.7. The molecular weight excluding hydrogens is 631 g/mol. The molecule has 1 heterocycles. The van der Waals surface area contributed by atoms with Crippen LogP contribution in [-0.4, -0.2) is 42.6 Å². The largest absolute Gasteiger partial charge is 0.490 e. The zero-order chi connectivity index (χ0) is 27.7. The average molecular weight is 661 g/mol. The molecule has 0 aromatic heterocycles. The second-order valence-corrected chi connectivity index (χ2v) is 11.4. The van der Waals surface area contributed by atoms with E-state index >= 15 is 0 Å². The Balaban J connectivity index is 1.50. The number of carbonyl (C=O) groups excluding carboxylic acids is 3. The Morgan fingerprint density at radius 1 is 1.03 bits per heavy atom. The summed E-state index contributed by atoms with van der Waals surface area (Å²) < 4.78 is 12.7. The number of amides is 1. The van der Waals surface area contributed by atoms with Crippen molar-refractivity contribution in [3.05, 3.63) is 73.1 Å². The molecule has 2 aromatic rings. The van der Waals surface area contributed by atoms with Crippen LogP contribution in [0.4, 0.5) is 5.69 Å². The molecule has 9 heteroatoms. The molecule has 39 heavy (non-hydrogen) atoms. The SMILES string of the molecule is CCOc1cc(C2C3=C(CCCC3=O)N(C)C3=C2C(=O)CCC3)cc(I)c1OCC(=O)Nc1ccccc1Cl. The number of Topliss-reactive ketones (excluding diaryl/α,β-unsaturated/α-hetero) is 2. The summed E-state index contributed by atoms with van der Waals surface area (Å²) in [6.07, 6.45) is 4.23. The maximum Gasteiger partial charge on any atom is 0.262 e. The van der Waals surface area contributed by atoms with Gasteiger partial charge < -0.3 is 19.7 Å². The first-order valence-corrected chi connectivity index (χ1v) is 14.7. The van der Waals surface area contributed by atoms with Crippen LogP contribution in [0.25, 0.3) is 0 Å². The van der Waals surface area contributed by atoms with Gasteiger partial charge in [0.05, 0.1) is 20.9 Å². The highest BCUT2D eigenvalue weighted by atomic mass is 127. The highest BCUT2D eigenvalue weighted by Gasteiger charge is 2.42. The fourth-order valence-electron chi connectivity index (χ4n) is 5.73. The van der Waals surface area contributed by atoms with E-state index in [0.717, 1.165) is 57.4 Å². The van der Waals surface area contributed by atoms with E-state index in [0.29, 0.717) is 41.7 Å². The Kier molecular flexibility index (Phi) is 8.32. The standard InChI is InChI=1S/C30H30ClIN2O5/c1-3-38-25-15-17(14-19(32)30(25)39-16-26(37)33-20-9-5-4-8-18(20)31)27-28-21(10-6-12-23(28)35)34(2)22-11-7-13-24(36)29(22)27/h4-5,8-9,14-15,27H,3,6-7,10-13,16H2,1-2H3,(H,33,37). The first-order valence-electron chi connectivity index (χ1n) is 13.2. The van der Waals surface area contributed by atoms with Gasteiger partial charge in [0.15, 0.2) is 29.7 Å². The number of ether oxygens (including phenoxy) is 2. The Labute approximate surface area is 246 Å². The minimum atomic E-state index is -0.433. The Morgan fingerprint density at radius 2 is 1.67 bits per heavy atom. The van der Waals surface area contributed by atoms with Gasteiger partial charge in [-0.05, 0) is 85.0 Å². The summed E-state index contributed by atoms with van der Waals surface area (Å²) in [4.78, 5) is 41.4. The van der Waals surface area contributed by atoms with E-state index in [-0.39, 0.29) is 24.1 Å². The molecule has 5 rings (SSSR count). The minimum absolute atomic E-state index is 0.0996. The number of allylic oxidation sites excluding steroid dienone is 4. The third kappa shape index (κ3) is 5.45. The van der Waals surface area contributed by atoms with Gasteiger partial charge in [0.1, 0.15) is 0 Å². The summed E-state index contributed by atoms with van der Waals surface area (Å²) in [5.41, 5.74) is 4.83. The third-order valence-electron chi connectivity index (χ3n) is 7.41. The highest BCUT2D eigenvalue weighted by Crippen LogP contribution is 2.50. The third-order valence-corrected chi connectivity index (χ3v) is 8.54. The maximum atomic E-state index is 13.3. The molecule has 1 N–H and O–H groups in total. The number of para-hydroxylation sites is 1. The lowest BCUT2D eigenvalue weighted by atomic mass is 9.71. The van der Waals surface area contributed by atoms with Crippen LogP contribution < -0.4 is 14.8 Å². The molecule has 0 spiro atoms. The van der Waals surface area contributed by atoms with Gasteiger partial charge >= 0.3 is 0 Å². The topological polar surface area (TPSA) is 84.9 Å². The summed E-state index contributed by atoms with van der Waals surface area (Å²) in [7, 11) is 1.98. The van der Waals surface area contributed by atoms with Crippen molar-refractivity contribution in [1.82, 2.24) is 4.90 Å². The number of rotatable bonds is 7. The second kappa shape index (κ2) is 11.7. The van der Waals surface area contributed by atoms with Gasteiger partial charge in [0.2, 0.25) is 0 Å². The van der Waals surface area contributed by atoms with E-state index in [9.17, 15) is 14.4 Å². The van der Waals surface area contributed by atoms with E-state index in [2.05, 4.69) is 32.8 Å². The molecule has 0 fully saturated rings. The number of halogens is 2. The zero-order valence-electron chi connectivity index (χ0n) is 21.9. The first-order chi connectivity index (χ1) is 18.8. The normalized spacial score (nSPS) is 17.7. The van der Waals surface area contributed by atoms with E-state index in [1.807, 2.05) is 26.1 Å². The number of ketones is 2. The molecule has 0 saturated heterocycles. The van der Waals surface area contributed by atoms with Crippen molar-refractivity contribution >= 4 is 57.4 Å². The molecule has 0 atom stereocenters. The molecule has 1 aliphatic heterocycles. The van der Waals surface area contributed by atoms with Crippen molar-refractivity contribution in [2.75, 3.05) is 25.6 Å². The van der Waals surface area contributed by atoms with Gasteiger partial charge in [-0.25, -0.2) is 0 Å². The smallest absolute Gasteiger partial charge is 0.262 e. The van der Waals surface area contributed by atoms with Crippen LogP contribution in [0.1, 0.15) is 56.9 Å². The molecule has 0 bridgehead atoms. The molecule has 0 radical (unpaired) electrons. The number of hydrogen-bond donors (Lipinski definition) is 1. The fourth-order valence-corrected chi connectivity index (χ4v) is 6.69. The second-order valence-electron chi connectivity index (χ2n) is 9.85. The molecule has 2 aromatic carbocycles. The molecule has 0 saturated carbocycles. The number of nitrogens with zero attached hydrogens (tertiary/aromatic N) is 1. The summed E-state index contributed by atoms with van der Waals surface area (Å²) in [6, 6.07) is 10.8. The molecule has 3 aliphatic rings. The Bertz CT molecular complexity index is 1370. The van der Waals surface area contributed by atoms with Gasteiger partial charge in [0, 0.05) is 48.3 Å². The minimum Gasteiger partial charge on any atom is -0.490 e. The van der Waals surface area contributed by atoms with Crippen LogP contribution in [0.5, 0.6) is 11.5 Å². The van der Waals surface area contributed by atoms with Crippen molar-refractivity contribution in [1.29, 1.82) is 0 Å². The van der Waals surface area contributed by atoms with Crippen LogP contribution in [-0.2, 0) is 14.4 Å². The zero-order valence-corrected chi connectivity index (χ0v) is 24.9.